The Hall–Kier alpha value is -9.87. The minimum atomic E-state index is 0.563. The van der Waals surface area contributed by atoms with Gasteiger partial charge in [-0.15, -0.1) is 0 Å². The van der Waals surface area contributed by atoms with Crippen LogP contribution in [0, 0.1) is 24.5 Å². The maximum absolute atomic E-state index is 10.6. The zero-order valence-electron chi connectivity index (χ0n) is 36.5. The lowest BCUT2D eigenvalue weighted by Gasteiger charge is -2.26. The number of nitrogens with zero attached hydrogens (tertiary/aromatic N) is 7. The molecule has 316 valence electrons. The number of aromatic nitrogens is 3. The van der Waals surface area contributed by atoms with E-state index in [2.05, 4.69) is 128 Å². The van der Waals surface area contributed by atoms with Crippen LogP contribution in [-0.2, 0) is 0 Å². The maximum Gasteiger partial charge on any atom is 0.187 e. The lowest BCUT2D eigenvalue weighted by Crippen LogP contribution is -2.09. The molecule has 7 nitrogen and oxygen atoms in total. The number of hydrogen-bond acceptors (Lipinski definition) is 4. The van der Waals surface area contributed by atoms with Crippen LogP contribution in [0.1, 0.15) is 5.56 Å². The van der Waals surface area contributed by atoms with Crippen molar-refractivity contribution in [3.63, 3.8) is 0 Å². The van der Waals surface area contributed by atoms with E-state index in [0.29, 0.717) is 22.8 Å². The summed E-state index contributed by atoms with van der Waals surface area (Å²) in [6.45, 7) is 15.0. The monoisotopic (exact) mass is 867 g/mol. The minimum Gasteiger partial charge on any atom is -0.311 e. The third kappa shape index (κ3) is 7.67. The van der Waals surface area contributed by atoms with Crippen LogP contribution in [0.2, 0.25) is 0 Å². The molecule has 0 spiro atoms. The molecular formula is C61H37N7. The molecule has 2 heterocycles. The Morgan fingerprint density at radius 3 is 1.51 bits per heavy atom. The molecular weight excluding hydrogens is 831 g/mol. The Labute approximate surface area is 394 Å². The van der Waals surface area contributed by atoms with Gasteiger partial charge in [0.2, 0.25) is 0 Å². The van der Waals surface area contributed by atoms with Crippen molar-refractivity contribution in [1.82, 2.24) is 14.5 Å². The maximum atomic E-state index is 10.6. The molecule has 0 atom stereocenters. The second kappa shape index (κ2) is 17.6. The molecule has 0 unspecified atom stereocenters. The first-order chi connectivity index (χ1) is 33.5. The largest absolute Gasteiger partial charge is 0.311 e. The van der Waals surface area contributed by atoms with Crippen molar-refractivity contribution < 1.29 is 0 Å². The normalized spacial score (nSPS) is 10.9. The van der Waals surface area contributed by atoms with Gasteiger partial charge < -0.3 is 9.47 Å². The van der Waals surface area contributed by atoms with Crippen molar-refractivity contribution in [3.05, 3.63) is 253 Å². The summed E-state index contributed by atoms with van der Waals surface area (Å²) in [6, 6.07) is 77.6. The van der Waals surface area contributed by atoms with Crippen LogP contribution in [0.5, 0.6) is 0 Å². The lowest BCUT2D eigenvalue weighted by molar-refractivity contribution is 1.18. The van der Waals surface area contributed by atoms with Crippen LogP contribution in [0.15, 0.2) is 224 Å². The fraction of sp³-hybridized carbons (Fsp3) is 0. The van der Waals surface area contributed by atoms with Crippen LogP contribution in [0.4, 0.5) is 28.4 Å². The number of nitriles is 1. The van der Waals surface area contributed by atoms with E-state index in [1.165, 1.54) is 0 Å². The average molecular weight is 868 g/mol. The standard InChI is InChI=1S/C61H37N7/c1-63-48-25-29-50(30-26-48)67(51-31-27-49(64-2)28-32-51)53-34-36-60-56(38-53)55-15-9-10-16-59(55)68(60)52-33-35-54(47(37-52)40-62)43-21-17-41(18-22-43)42-19-23-45(24-20-42)58-39-57(44-11-5-3-6-12-44)65-61(66-58)46-13-7-4-8-14-46/h3-39H. The molecule has 0 bridgehead atoms. The van der Waals surface area contributed by atoms with Crippen molar-refractivity contribution in [2.75, 3.05) is 4.90 Å². The molecule has 0 aliphatic rings. The number of anilines is 3. The molecule has 0 amide bonds. The van der Waals surface area contributed by atoms with Crippen LogP contribution in [0.25, 0.3) is 93.3 Å². The van der Waals surface area contributed by atoms with Gasteiger partial charge in [0, 0.05) is 50.2 Å². The summed E-state index contributed by atoms with van der Waals surface area (Å²) >= 11 is 0. The van der Waals surface area contributed by atoms with E-state index in [-0.39, 0.29) is 0 Å². The van der Waals surface area contributed by atoms with Crippen LogP contribution < -0.4 is 4.90 Å². The van der Waals surface area contributed by atoms with Crippen molar-refractivity contribution in [2.45, 2.75) is 0 Å². The third-order valence-corrected chi connectivity index (χ3v) is 12.3. The Bertz CT molecular complexity index is 3670. The highest BCUT2D eigenvalue weighted by molar-refractivity contribution is 6.10. The molecule has 0 N–H and O–H groups in total. The van der Waals surface area contributed by atoms with E-state index in [1.54, 1.807) is 0 Å². The zero-order chi connectivity index (χ0) is 46.0. The fourth-order valence-corrected chi connectivity index (χ4v) is 8.94. The van der Waals surface area contributed by atoms with Gasteiger partial charge in [0.05, 0.1) is 47.2 Å². The van der Waals surface area contributed by atoms with E-state index >= 15 is 0 Å². The number of rotatable bonds is 9. The summed E-state index contributed by atoms with van der Waals surface area (Å²) in [5.41, 5.74) is 16.0. The minimum absolute atomic E-state index is 0.563. The summed E-state index contributed by atoms with van der Waals surface area (Å²) < 4.78 is 2.22. The average Bonchev–Trinajstić information content (AvgIpc) is 3.75. The second-order valence-corrected chi connectivity index (χ2v) is 16.3. The molecule has 9 aromatic carbocycles. The van der Waals surface area contributed by atoms with E-state index in [0.717, 1.165) is 94.9 Å². The lowest BCUT2D eigenvalue weighted by atomic mass is 9.96. The number of fused-ring (bicyclic) bond motifs is 3. The Kier molecular flexibility index (Phi) is 10.6. The van der Waals surface area contributed by atoms with Gasteiger partial charge in [-0.3, -0.25) is 0 Å². The molecule has 0 saturated carbocycles. The van der Waals surface area contributed by atoms with E-state index in [1.807, 2.05) is 121 Å². The van der Waals surface area contributed by atoms with Crippen molar-refractivity contribution >= 4 is 50.2 Å². The predicted octanol–water partition coefficient (Wildman–Crippen LogP) is 16.4. The molecule has 0 radical (unpaired) electrons. The molecule has 2 aromatic heterocycles. The Morgan fingerprint density at radius 1 is 0.426 bits per heavy atom. The van der Waals surface area contributed by atoms with E-state index < -0.39 is 0 Å². The van der Waals surface area contributed by atoms with Gasteiger partial charge in [0.15, 0.2) is 17.2 Å². The number of para-hydroxylation sites is 1. The summed E-state index contributed by atoms with van der Waals surface area (Å²) in [7, 11) is 0. The first-order valence-corrected chi connectivity index (χ1v) is 22.1. The quantitative estimate of drug-likeness (QED) is 0.136. The first-order valence-electron chi connectivity index (χ1n) is 22.1. The first kappa shape index (κ1) is 40.9. The van der Waals surface area contributed by atoms with Gasteiger partial charge in [-0.25, -0.2) is 19.7 Å². The topological polar surface area (TPSA) is 66.5 Å². The van der Waals surface area contributed by atoms with Gasteiger partial charge in [0.1, 0.15) is 0 Å². The Morgan fingerprint density at radius 2 is 0.926 bits per heavy atom. The molecule has 0 fully saturated rings. The smallest absolute Gasteiger partial charge is 0.187 e. The molecule has 68 heavy (non-hydrogen) atoms. The van der Waals surface area contributed by atoms with Gasteiger partial charge in [-0.2, -0.15) is 5.26 Å². The highest BCUT2D eigenvalue weighted by atomic mass is 15.1. The summed E-state index contributed by atoms with van der Waals surface area (Å²) in [5, 5.41) is 12.7. The van der Waals surface area contributed by atoms with Crippen molar-refractivity contribution in [3.8, 4) is 67.9 Å². The molecule has 0 aliphatic heterocycles. The van der Waals surface area contributed by atoms with E-state index in [9.17, 15) is 5.26 Å². The fourth-order valence-electron chi connectivity index (χ4n) is 8.94. The molecule has 0 aliphatic carbocycles. The van der Waals surface area contributed by atoms with Crippen molar-refractivity contribution in [2.24, 2.45) is 0 Å². The van der Waals surface area contributed by atoms with Gasteiger partial charge in [-0.05, 0) is 89.0 Å². The third-order valence-electron chi connectivity index (χ3n) is 12.3. The Balaban J connectivity index is 0.905. The summed E-state index contributed by atoms with van der Waals surface area (Å²) in [6.07, 6.45) is 0. The van der Waals surface area contributed by atoms with Crippen LogP contribution in [0.3, 0.4) is 0 Å². The molecule has 7 heteroatoms. The van der Waals surface area contributed by atoms with Crippen molar-refractivity contribution in [1.29, 1.82) is 5.26 Å². The van der Waals surface area contributed by atoms with Gasteiger partial charge in [0.25, 0.3) is 0 Å². The van der Waals surface area contributed by atoms with E-state index in [4.69, 9.17) is 23.1 Å². The second-order valence-electron chi connectivity index (χ2n) is 16.3. The highest BCUT2D eigenvalue weighted by Gasteiger charge is 2.19. The van der Waals surface area contributed by atoms with Gasteiger partial charge >= 0.3 is 0 Å². The highest BCUT2D eigenvalue weighted by Crippen LogP contribution is 2.41. The predicted molar refractivity (Wildman–Crippen MR) is 275 cm³/mol. The zero-order valence-corrected chi connectivity index (χ0v) is 36.5. The summed E-state index contributed by atoms with van der Waals surface area (Å²) in [4.78, 5) is 19.3. The number of benzene rings is 9. The molecule has 11 rings (SSSR count). The SMILES string of the molecule is [C-]#[N+]c1ccc(N(c2ccc([N+]#[C-])cc2)c2ccc3c(c2)c2ccccc2n3-c2ccc(-c3ccc(-c4ccc(-c5cc(-c6ccccc6)nc(-c6ccccc6)n5)cc4)cc3)c(C#N)c2)cc1. The summed E-state index contributed by atoms with van der Waals surface area (Å²) in [5.74, 6) is 0.683. The van der Waals surface area contributed by atoms with Crippen LogP contribution >= 0.6 is 0 Å². The molecule has 11 aromatic rings. The molecule has 0 saturated heterocycles. The van der Waals surface area contributed by atoms with Crippen LogP contribution in [-0.4, -0.2) is 14.5 Å². The number of hydrogen-bond donors (Lipinski definition) is 0. The van der Waals surface area contributed by atoms with Gasteiger partial charge in [-0.1, -0.05) is 158 Å².